The van der Waals surface area contributed by atoms with E-state index in [-0.39, 0.29) is 23.0 Å². The Morgan fingerprint density at radius 1 is 1.50 bits per heavy atom. The average molecular weight is 277 g/mol. The third kappa shape index (κ3) is 2.23. The Bertz CT molecular complexity index is 578. The van der Waals surface area contributed by atoms with Crippen LogP contribution in [0.5, 0.6) is 5.75 Å². The minimum absolute atomic E-state index is 0.0419. The van der Waals surface area contributed by atoms with Crippen LogP contribution in [0.1, 0.15) is 45.1 Å². The number of aromatic hydroxyl groups is 1. The number of pyridine rings is 1. The maximum Gasteiger partial charge on any atom is 0.290 e. The maximum absolute atomic E-state index is 12.2. The van der Waals surface area contributed by atoms with E-state index in [0.717, 1.165) is 12.8 Å². The lowest BCUT2D eigenvalue weighted by atomic mass is 9.58. The Morgan fingerprint density at radius 3 is 2.75 bits per heavy atom. The van der Waals surface area contributed by atoms with Crippen molar-refractivity contribution in [2.24, 2.45) is 17.3 Å². The van der Waals surface area contributed by atoms with Crippen molar-refractivity contribution >= 4 is 0 Å². The summed E-state index contributed by atoms with van der Waals surface area (Å²) < 4.78 is 0.545. The first-order chi connectivity index (χ1) is 9.30. The Morgan fingerprint density at radius 2 is 2.15 bits per heavy atom. The number of rotatable bonds is 2. The smallest absolute Gasteiger partial charge is 0.290 e. The minimum atomic E-state index is -0.538. The number of hydrogen-bond donors (Lipinski definition) is 2. The third-order valence-electron chi connectivity index (χ3n) is 4.71. The highest BCUT2D eigenvalue weighted by atomic mass is 16.5. The van der Waals surface area contributed by atoms with Crippen molar-refractivity contribution in [1.82, 2.24) is 4.73 Å². The molecule has 2 N–H and O–H groups in total. The quantitative estimate of drug-likeness (QED) is 0.645. The average Bonchev–Trinajstić information content (AvgIpc) is 2.37. The lowest BCUT2D eigenvalue weighted by molar-refractivity contribution is 0.121. The molecule has 0 radical (unpaired) electrons. The summed E-state index contributed by atoms with van der Waals surface area (Å²) in [4.78, 5) is 12.2. The molecule has 0 amide bonds. The van der Waals surface area contributed by atoms with Gasteiger partial charge >= 0.3 is 0 Å². The van der Waals surface area contributed by atoms with E-state index in [1.165, 1.54) is 12.3 Å². The predicted octanol–water partition coefficient (Wildman–Crippen LogP) is 3.13. The van der Waals surface area contributed by atoms with Crippen LogP contribution >= 0.6 is 0 Å². The molecule has 1 heterocycles. The zero-order valence-corrected chi connectivity index (χ0v) is 12.3. The first kappa shape index (κ1) is 14.7. The molecule has 1 aromatic heterocycles. The van der Waals surface area contributed by atoms with Gasteiger partial charge in [-0.2, -0.15) is 4.73 Å². The Hall–Kier alpha value is -1.71. The van der Waals surface area contributed by atoms with Crippen molar-refractivity contribution in [1.29, 1.82) is 0 Å². The normalized spacial score (nSPS) is 33.9. The molecule has 4 atom stereocenters. The fraction of sp³-hybridized carbons (Fsp3) is 0.562. The van der Waals surface area contributed by atoms with Crippen LogP contribution in [0.2, 0.25) is 0 Å². The van der Waals surface area contributed by atoms with Crippen LogP contribution in [-0.4, -0.2) is 15.0 Å². The summed E-state index contributed by atoms with van der Waals surface area (Å²) in [7, 11) is 0. The highest BCUT2D eigenvalue weighted by Crippen LogP contribution is 2.53. The molecule has 0 bridgehead atoms. The van der Waals surface area contributed by atoms with Crippen LogP contribution in [0.3, 0.4) is 0 Å². The van der Waals surface area contributed by atoms with Crippen molar-refractivity contribution in [2.45, 2.75) is 39.5 Å². The number of aromatic nitrogens is 1. The molecule has 0 aromatic carbocycles. The van der Waals surface area contributed by atoms with Gasteiger partial charge in [0, 0.05) is 12.0 Å². The van der Waals surface area contributed by atoms with E-state index in [9.17, 15) is 15.1 Å². The molecule has 4 heteroatoms. The van der Waals surface area contributed by atoms with Crippen LogP contribution in [0, 0.1) is 17.3 Å². The van der Waals surface area contributed by atoms with Crippen molar-refractivity contribution < 1.29 is 10.3 Å². The van der Waals surface area contributed by atoms with Gasteiger partial charge in [0.15, 0.2) is 0 Å². The van der Waals surface area contributed by atoms with Gasteiger partial charge in [0.1, 0.15) is 5.75 Å². The molecule has 4 nitrogen and oxygen atoms in total. The zero-order valence-electron chi connectivity index (χ0n) is 12.3. The SMILES string of the molecule is C=C[C@]1(C)C[C@H](C)C[C@H](C)C1c1c(O)ccn(O)c1=O. The highest BCUT2D eigenvalue weighted by molar-refractivity contribution is 5.36. The standard InChI is InChI=1S/C16H23NO3/c1-5-16(4)9-10(2)8-11(3)14(16)13-12(18)6-7-17(20)15(13)19/h5-7,10-11,14,18,20H,1,8-9H2,2-4H3/t10-,11+,14?,16-/m1/s1. The molecule has 1 saturated carbocycles. The largest absolute Gasteiger partial charge is 0.507 e. The van der Waals surface area contributed by atoms with E-state index in [1.807, 2.05) is 6.08 Å². The number of hydrogen-bond acceptors (Lipinski definition) is 3. The molecular weight excluding hydrogens is 254 g/mol. The monoisotopic (exact) mass is 277 g/mol. The van der Waals surface area contributed by atoms with Gasteiger partial charge in [-0.05, 0) is 30.1 Å². The summed E-state index contributed by atoms with van der Waals surface area (Å²) in [5.74, 6) is 0.609. The number of allylic oxidation sites excluding steroid dienone is 1. The minimum Gasteiger partial charge on any atom is -0.507 e. The summed E-state index contributed by atoms with van der Waals surface area (Å²) in [5, 5.41) is 19.7. The van der Waals surface area contributed by atoms with Crippen LogP contribution in [0.4, 0.5) is 0 Å². The van der Waals surface area contributed by atoms with Crippen LogP contribution in [0.15, 0.2) is 29.7 Å². The topological polar surface area (TPSA) is 62.5 Å². The molecule has 1 aliphatic rings. The Balaban J connectivity index is 2.63. The fourth-order valence-electron chi connectivity index (χ4n) is 4.03. The molecular formula is C16H23NO3. The van der Waals surface area contributed by atoms with Crippen molar-refractivity contribution in [2.75, 3.05) is 0 Å². The van der Waals surface area contributed by atoms with Gasteiger partial charge in [-0.3, -0.25) is 4.79 Å². The molecule has 1 unspecified atom stereocenters. The predicted molar refractivity (Wildman–Crippen MR) is 78.2 cm³/mol. The van der Waals surface area contributed by atoms with Gasteiger partial charge < -0.3 is 10.3 Å². The van der Waals surface area contributed by atoms with Gasteiger partial charge in [0.2, 0.25) is 0 Å². The van der Waals surface area contributed by atoms with E-state index in [0.29, 0.717) is 16.2 Å². The molecule has 1 aromatic rings. The number of nitrogens with zero attached hydrogens (tertiary/aromatic N) is 1. The molecule has 0 spiro atoms. The molecule has 2 rings (SSSR count). The highest BCUT2D eigenvalue weighted by Gasteiger charge is 2.44. The van der Waals surface area contributed by atoms with Crippen molar-refractivity contribution in [3.8, 4) is 5.75 Å². The Kier molecular flexibility index (Phi) is 3.67. The maximum atomic E-state index is 12.2. The second-order valence-electron chi connectivity index (χ2n) is 6.47. The van der Waals surface area contributed by atoms with Gasteiger partial charge in [-0.15, -0.1) is 6.58 Å². The van der Waals surface area contributed by atoms with Crippen LogP contribution in [-0.2, 0) is 0 Å². The van der Waals surface area contributed by atoms with Gasteiger partial charge in [0.25, 0.3) is 5.56 Å². The molecule has 1 fully saturated rings. The van der Waals surface area contributed by atoms with Crippen molar-refractivity contribution in [3.05, 3.63) is 40.8 Å². The van der Waals surface area contributed by atoms with Gasteiger partial charge in [0.05, 0.1) is 11.8 Å². The summed E-state index contributed by atoms with van der Waals surface area (Å²) in [6, 6.07) is 1.37. The summed E-state index contributed by atoms with van der Waals surface area (Å²) in [6.07, 6.45) is 4.97. The van der Waals surface area contributed by atoms with Crippen molar-refractivity contribution in [3.63, 3.8) is 0 Å². The Labute approximate surface area is 119 Å². The summed E-state index contributed by atoms with van der Waals surface area (Å²) >= 11 is 0. The zero-order chi connectivity index (χ0) is 15.1. The van der Waals surface area contributed by atoms with E-state index < -0.39 is 5.56 Å². The van der Waals surface area contributed by atoms with E-state index in [2.05, 4.69) is 27.4 Å². The summed E-state index contributed by atoms with van der Waals surface area (Å²) in [5.41, 5.74) is -0.497. The molecule has 0 aliphatic heterocycles. The second-order valence-corrected chi connectivity index (χ2v) is 6.47. The molecule has 0 saturated heterocycles. The summed E-state index contributed by atoms with van der Waals surface area (Å²) in [6.45, 7) is 10.3. The van der Waals surface area contributed by atoms with Crippen LogP contribution < -0.4 is 5.56 Å². The second kappa shape index (κ2) is 5.00. The third-order valence-corrected chi connectivity index (χ3v) is 4.71. The lowest BCUT2D eigenvalue weighted by Gasteiger charge is -2.46. The molecule has 1 aliphatic carbocycles. The van der Waals surface area contributed by atoms with Gasteiger partial charge in [-0.1, -0.05) is 26.8 Å². The van der Waals surface area contributed by atoms with E-state index in [4.69, 9.17) is 0 Å². The first-order valence-electron chi connectivity index (χ1n) is 7.07. The molecule has 20 heavy (non-hydrogen) atoms. The first-order valence-corrected chi connectivity index (χ1v) is 7.07. The fourth-order valence-corrected chi connectivity index (χ4v) is 4.03. The lowest BCUT2D eigenvalue weighted by Crippen LogP contribution is -2.39. The van der Waals surface area contributed by atoms with Gasteiger partial charge in [-0.25, -0.2) is 0 Å². The van der Waals surface area contributed by atoms with E-state index >= 15 is 0 Å². The van der Waals surface area contributed by atoms with Crippen LogP contribution in [0.25, 0.3) is 0 Å². The van der Waals surface area contributed by atoms with E-state index in [1.54, 1.807) is 0 Å². The molecule has 110 valence electrons.